The predicted octanol–water partition coefficient (Wildman–Crippen LogP) is 4.22. The summed E-state index contributed by atoms with van der Waals surface area (Å²) < 4.78 is 45.2. The largest absolute Gasteiger partial charge is 0.456 e. The molecule has 11 atom stereocenters. The first-order valence-corrected chi connectivity index (χ1v) is 20.5. The highest BCUT2D eigenvalue weighted by atomic mass is 19.1. The second-order valence-corrected chi connectivity index (χ2v) is 17.7. The standard InChI is InChI=1S/C47H50FNO14/c1-24-31(59-41(56)35(53)34(27-18-20-30(48)21-19-27)49-39(54)28-14-10-8-11-15-28)23-46(58)38(60-40(55)29-16-12-9-13-17-29)37-44(6)32(52)22-33(45(37,7)61-25(2)50)63-47(42(44)57,62-26(3)51)36(24)43(46,4)5/h8-21,31-35,37-38,52-53,58H,22-23H2,1-7H3,(H,49,54)/t31-,32-,33+,34-,35+,37-,38-,44+,45-,46+,47-/m0/s1. The number of ketones is 1. The van der Waals surface area contributed by atoms with Crippen molar-refractivity contribution >= 4 is 35.6 Å². The third-order valence-electron chi connectivity index (χ3n) is 13.6. The number of carbonyl (C=O) groups is 6. The Morgan fingerprint density at radius 1 is 0.841 bits per heavy atom. The van der Waals surface area contributed by atoms with Crippen LogP contribution < -0.4 is 5.32 Å². The molecule has 3 aromatic rings. The Morgan fingerprint density at radius 2 is 1.41 bits per heavy atom. The number of carbonyl (C=O) groups excluding carboxylic acids is 6. The molecule has 5 aliphatic rings. The fourth-order valence-electron chi connectivity index (χ4n) is 10.5. The topological polar surface area (TPSA) is 221 Å². The first-order chi connectivity index (χ1) is 29.5. The number of Topliss-reactive ketones (excluding diaryl/α,β-unsaturated/α-hetero) is 1. The van der Waals surface area contributed by atoms with E-state index in [-0.39, 0.29) is 34.3 Å². The van der Waals surface area contributed by atoms with Gasteiger partial charge in [0.05, 0.1) is 29.0 Å². The van der Waals surface area contributed by atoms with Crippen LogP contribution >= 0.6 is 0 Å². The van der Waals surface area contributed by atoms with Crippen molar-refractivity contribution in [3.05, 3.63) is 119 Å². The van der Waals surface area contributed by atoms with Gasteiger partial charge in [-0.25, -0.2) is 14.0 Å². The van der Waals surface area contributed by atoms with Crippen LogP contribution in [-0.4, -0.2) is 98.4 Å². The Morgan fingerprint density at radius 3 is 1.98 bits per heavy atom. The molecule has 3 aromatic carbocycles. The Labute approximate surface area is 362 Å². The number of nitrogens with one attached hydrogen (secondary N) is 1. The van der Waals surface area contributed by atoms with Crippen LogP contribution in [0.4, 0.5) is 4.39 Å². The molecule has 2 saturated carbocycles. The van der Waals surface area contributed by atoms with Crippen molar-refractivity contribution in [3.8, 4) is 0 Å². The van der Waals surface area contributed by atoms with Crippen LogP contribution in [0.15, 0.2) is 96.1 Å². The van der Waals surface area contributed by atoms with E-state index in [0.29, 0.717) is 0 Å². The lowest BCUT2D eigenvalue weighted by molar-refractivity contribution is -0.266. The molecule has 2 heterocycles. The smallest absolute Gasteiger partial charge is 0.338 e. The molecule has 2 saturated heterocycles. The maximum absolute atomic E-state index is 15.7. The molecule has 8 rings (SSSR count). The van der Waals surface area contributed by atoms with Gasteiger partial charge in [0.15, 0.2) is 6.10 Å². The van der Waals surface area contributed by atoms with E-state index in [1.54, 1.807) is 36.4 Å². The second-order valence-electron chi connectivity index (χ2n) is 17.7. The van der Waals surface area contributed by atoms with Gasteiger partial charge in [0.1, 0.15) is 35.3 Å². The lowest BCUT2D eigenvalue weighted by Crippen LogP contribution is -2.76. The summed E-state index contributed by atoms with van der Waals surface area (Å²) in [4.78, 5) is 84.1. The van der Waals surface area contributed by atoms with Crippen LogP contribution in [0, 0.1) is 22.6 Å². The Hall–Kier alpha value is -5.81. The van der Waals surface area contributed by atoms with E-state index in [2.05, 4.69) is 5.32 Å². The molecule has 6 bridgehead atoms. The van der Waals surface area contributed by atoms with Crippen molar-refractivity contribution < 1.29 is 72.2 Å². The van der Waals surface area contributed by atoms with Crippen molar-refractivity contribution in [2.24, 2.45) is 16.7 Å². The molecule has 334 valence electrons. The number of esters is 4. The fraction of sp³-hybridized carbons (Fsp3) is 0.447. The van der Waals surface area contributed by atoms with Gasteiger partial charge in [0.25, 0.3) is 11.7 Å². The minimum Gasteiger partial charge on any atom is -0.456 e. The van der Waals surface area contributed by atoms with E-state index in [1.165, 1.54) is 71.0 Å². The summed E-state index contributed by atoms with van der Waals surface area (Å²) in [6.45, 7) is 9.34. The minimum absolute atomic E-state index is 0.0200. The molecule has 16 heteroatoms. The highest BCUT2D eigenvalue weighted by molar-refractivity contribution is 5.99. The van der Waals surface area contributed by atoms with Crippen LogP contribution in [0.5, 0.6) is 0 Å². The van der Waals surface area contributed by atoms with E-state index in [4.69, 9.17) is 23.7 Å². The van der Waals surface area contributed by atoms with Crippen LogP contribution in [0.3, 0.4) is 0 Å². The molecule has 4 N–H and O–H groups in total. The zero-order valence-corrected chi connectivity index (χ0v) is 35.7. The quantitative estimate of drug-likeness (QED) is 0.127. The Balaban J connectivity index is 1.42. The van der Waals surface area contributed by atoms with E-state index in [9.17, 15) is 43.7 Å². The zero-order chi connectivity index (χ0) is 46.0. The molecule has 63 heavy (non-hydrogen) atoms. The van der Waals surface area contributed by atoms with Gasteiger partial charge in [-0.2, -0.15) is 0 Å². The summed E-state index contributed by atoms with van der Waals surface area (Å²) in [6.07, 6.45) is -9.71. The number of aliphatic hydroxyl groups excluding tert-OH is 2. The number of halogens is 1. The van der Waals surface area contributed by atoms with E-state index in [1.807, 2.05) is 0 Å². The molecule has 0 aromatic heterocycles. The Kier molecular flexibility index (Phi) is 11.5. The average Bonchev–Trinajstić information content (AvgIpc) is 3.33. The second kappa shape index (κ2) is 16.1. The maximum Gasteiger partial charge on any atom is 0.338 e. The molecule has 0 radical (unpaired) electrons. The normalized spacial score (nSPS) is 32.6. The lowest BCUT2D eigenvalue weighted by atomic mass is 9.46. The number of ether oxygens (including phenoxy) is 5. The first-order valence-electron chi connectivity index (χ1n) is 20.5. The number of hydrogen-bond donors (Lipinski definition) is 4. The van der Waals surface area contributed by atoms with Gasteiger partial charge in [-0.15, -0.1) is 0 Å². The third-order valence-corrected chi connectivity index (χ3v) is 13.6. The zero-order valence-electron chi connectivity index (χ0n) is 35.7. The van der Waals surface area contributed by atoms with Gasteiger partial charge >= 0.3 is 23.9 Å². The summed E-state index contributed by atoms with van der Waals surface area (Å²) in [6, 6.07) is 18.8. The number of hydrogen-bond acceptors (Lipinski definition) is 14. The molecule has 2 aliphatic heterocycles. The summed E-state index contributed by atoms with van der Waals surface area (Å²) in [5.74, 6) is -11.0. The minimum atomic E-state index is -2.78. The molecule has 4 fully saturated rings. The van der Waals surface area contributed by atoms with Gasteiger partial charge in [-0.05, 0) is 68.3 Å². The van der Waals surface area contributed by atoms with Gasteiger partial charge < -0.3 is 44.3 Å². The van der Waals surface area contributed by atoms with Crippen LogP contribution in [0.1, 0.15) is 93.6 Å². The Bertz CT molecular complexity index is 2370. The van der Waals surface area contributed by atoms with Gasteiger partial charge in [0, 0.05) is 43.2 Å². The molecule has 3 aliphatic carbocycles. The molecular formula is C47H50FNO14. The average molecular weight is 872 g/mol. The first kappa shape index (κ1) is 45.2. The number of aliphatic hydroxyl groups is 3. The highest BCUT2D eigenvalue weighted by Gasteiger charge is 2.82. The number of benzene rings is 3. The lowest BCUT2D eigenvalue weighted by Gasteiger charge is -2.62. The molecular weight excluding hydrogens is 822 g/mol. The SMILES string of the molecule is CC(=O)O[C@@]12O[C@@H]3C[C@H](O)[C@@](C)(C1=O)[C@H]([C@H](OC(=O)c1ccccc1)[C@]1(O)C[C@H](OC(=O)[C@H](O)[C@@H](NC(=O)c4ccccc4)c4ccc(F)cc4)C(C)=C2C1(C)C)[C@@]3(C)OC(C)=O. The number of amides is 1. The predicted molar refractivity (Wildman–Crippen MR) is 217 cm³/mol. The van der Waals surface area contributed by atoms with Gasteiger partial charge in [-0.1, -0.05) is 62.4 Å². The van der Waals surface area contributed by atoms with Crippen molar-refractivity contribution in [1.29, 1.82) is 0 Å². The number of rotatable bonds is 10. The summed E-state index contributed by atoms with van der Waals surface area (Å²) in [7, 11) is 0. The summed E-state index contributed by atoms with van der Waals surface area (Å²) in [5, 5.41) is 40.1. The van der Waals surface area contributed by atoms with Crippen LogP contribution in [0.25, 0.3) is 0 Å². The maximum atomic E-state index is 15.7. The van der Waals surface area contributed by atoms with Crippen molar-refractivity contribution in [1.82, 2.24) is 5.32 Å². The monoisotopic (exact) mass is 871 g/mol. The fourth-order valence-corrected chi connectivity index (χ4v) is 10.5. The third kappa shape index (κ3) is 7.22. The van der Waals surface area contributed by atoms with E-state index < -0.39 is 118 Å². The molecule has 15 nitrogen and oxygen atoms in total. The van der Waals surface area contributed by atoms with E-state index in [0.717, 1.165) is 26.0 Å². The van der Waals surface area contributed by atoms with Crippen LogP contribution in [-0.2, 0) is 42.9 Å². The van der Waals surface area contributed by atoms with Crippen molar-refractivity contribution in [2.75, 3.05) is 0 Å². The summed E-state index contributed by atoms with van der Waals surface area (Å²) in [5.41, 5.74) is -8.29. The van der Waals surface area contributed by atoms with Crippen molar-refractivity contribution in [3.63, 3.8) is 0 Å². The van der Waals surface area contributed by atoms with Crippen molar-refractivity contribution in [2.45, 2.75) is 115 Å². The number of fused-ring (bicyclic) bond motifs is 3. The highest BCUT2D eigenvalue weighted by Crippen LogP contribution is 2.67. The van der Waals surface area contributed by atoms with Gasteiger partial charge in [-0.3, -0.25) is 19.2 Å². The molecule has 0 unspecified atom stereocenters. The van der Waals surface area contributed by atoms with Gasteiger partial charge in [0.2, 0.25) is 5.78 Å². The summed E-state index contributed by atoms with van der Waals surface area (Å²) >= 11 is 0. The molecule has 0 spiro atoms. The molecule has 1 amide bonds. The van der Waals surface area contributed by atoms with E-state index >= 15 is 4.79 Å². The van der Waals surface area contributed by atoms with Crippen LogP contribution in [0.2, 0.25) is 0 Å².